The standard InChI is InChI=1S/C19H22N2O4/c1-23-12-16-6-7-18(25-16)17-3-2-8-21(17)19(22)20-15-5-4-13-10-24-11-14(13)9-15/h4-7,9,17H,2-3,8,10-12H2,1H3,(H,20,22). The fourth-order valence-corrected chi connectivity index (χ4v) is 3.54. The van der Waals surface area contributed by atoms with Crippen molar-refractivity contribution in [1.29, 1.82) is 0 Å². The van der Waals surface area contributed by atoms with Gasteiger partial charge in [-0.15, -0.1) is 0 Å². The van der Waals surface area contributed by atoms with Crippen LogP contribution in [0.25, 0.3) is 0 Å². The quantitative estimate of drug-likeness (QED) is 0.917. The average Bonchev–Trinajstić information content (AvgIpc) is 3.34. The Morgan fingerprint density at radius 2 is 2.16 bits per heavy atom. The molecule has 2 aliphatic heterocycles. The fraction of sp³-hybridized carbons (Fsp3) is 0.421. The Morgan fingerprint density at radius 3 is 3.04 bits per heavy atom. The number of hydrogen-bond acceptors (Lipinski definition) is 4. The Labute approximate surface area is 146 Å². The van der Waals surface area contributed by atoms with Gasteiger partial charge >= 0.3 is 6.03 Å². The minimum absolute atomic E-state index is 0.0247. The molecule has 1 N–H and O–H groups in total. The molecule has 6 nitrogen and oxygen atoms in total. The number of nitrogens with zero attached hydrogens (tertiary/aromatic N) is 1. The van der Waals surface area contributed by atoms with E-state index < -0.39 is 0 Å². The van der Waals surface area contributed by atoms with Crippen molar-refractivity contribution in [3.63, 3.8) is 0 Å². The second-order valence-corrected chi connectivity index (χ2v) is 6.49. The number of rotatable bonds is 4. The Hall–Kier alpha value is -2.31. The minimum atomic E-state index is -0.0916. The van der Waals surface area contributed by atoms with Gasteiger partial charge in [-0.25, -0.2) is 4.79 Å². The van der Waals surface area contributed by atoms with Crippen molar-refractivity contribution in [2.75, 3.05) is 19.0 Å². The molecule has 0 aliphatic carbocycles. The van der Waals surface area contributed by atoms with E-state index in [1.165, 1.54) is 5.56 Å². The number of fused-ring (bicyclic) bond motifs is 1. The van der Waals surface area contributed by atoms with E-state index in [-0.39, 0.29) is 12.1 Å². The van der Waals surface area contributed by atoms with Gasteiger partial charge < -0.3 is 24.1 Å². The molecule has 132 valence electrons. The summed E-state index contributed by atoms with van der Waals surface area (Å²) in [4.78, 5) is 14.6. The van der Waals surface area contributed by atoms with Crippen LogP contribution in [0.2, 0.25) is 0 Å². The van der Waals surface area contributed by atoms with E-state index in [9.17, 15) is 4.79 Å². The number of hydrogen-bond donors (Lipinski definition) is 1. The summed E-state index contributed by atoms with van der Waals surface area (Å²) in [5.74, 6) is 1.60. The largest absolute Gasteiger partial charge is 0.461 e. The number of likely N-dealkylation sites (tertiary alicyclic amines) is 1. The molecule has 3 heterocycles. The maximum atomic E-state index is 12.7. The molecule has 1 unspecified atom stereocenters. The maximum absolute atomic E-state index is 12.7. The molecule has 2 amide bonds. The van der Waals surface area contributed by atoms with Gasteiger partial charge in [0.2, 0.25) is 0 Å². The molecule has 6 heteroatoms. The summed E-state index contributed by atoms with van der Waals surface area (Å²) >= 11 is 0. The van der Waals surface area contributed by atoms with Gasteiger partial charge in [-0.05, 0) is 48.2 Å². The van der Waals surface area contributed by atoms with E-state index >= 15 is 0 Å². The topological polar surface area (TPSA) is 63.9 Å². The summed E-state index contributed by atoms with van der Waals surface area (Å²) in [6.07, 6.45) is 1.88. The molecule has 2 aromatic rings. The van der Waals surface area contributed by atoms with Crippen molar-refractivity contribution in [3.8, 4) is 0 Å². The number of carbonyl (C=O) groups is 1. The molecule has 4 rings (SSSR count). The van der Waals surface area contributed by atoms with Gasteiger partial charge in [0.25, 0.3) is 0 Å². The summed E-state index contributed by atoms with van der Waals surface area (Å²) in [6.45, 7) is 2.43. The van der Waals surface area contributed by atoms with Crippen LogP contribution in [0, 0.1) is 0 Å². The van der Waals surface area contributed by atoms with Crippen LogP contribution in [0.4, 0.5) is 10.5 Å². The molecular formula is C19H22N2O4. The lowest BCUT2D eigenvalue weighted by Gasteiger charge is -2.23. The SMILES string of the molecule is COCc1ccc(C2CCCN2C(=O)Nc2ccc3c(c2)COC3)o1. The zero-order chi connectivity index (χ0) is 17.2. The van der Waals surface area contributed by atoms with Gasteiger partial charge in [0.05, 0.1) is 19.3 Å². The van der Waals surface area contributed by atoms with Crippen LogP contribution in [-0.2, 0) is 29.3 Å². The first-order valence-electron chi connectivity index (χ1n) is 8.59. The highest BCUT2D eigenvalue weighted by molar-refractivity contribution is 5.90. The molecule has 1 fully saturated rings. The second-order valence-electron chi connectivity index (χ2n) is 6.49. The first kappa shape index (κ1) is 16.2. The second kappa shape index (κ2) is 6.90. The average molecular weight is 342 g/mol. The Balaban J connectivity index is 1.46. The van der Waals surface area contributed by atoms with Crippen LogP contribution >= 0.6 is 0 Å². The third-order valence-electron chi connectivity index (χ3n) is 4.78. The van der Waals surface area contributed by atoms with Crippen molar-refractivity contribution in [1.82, 2.24) is 4.90 Å². The van der Waals surface area contributed by atoms with Crippen LogP contribution in [-0.4, -0.2) is 24.6 Å². The van der Waals surface area contributed by atoms with Crippen molar-refractivity contribution in [3.05, 3.63) is 53.0 Å². The van der Waals surface area contributed by atoms with Crippen LogP contribution in [0.3, 0.4) is 0 Å². The van der Waals surface area contributed by atoms with Crippen LogP contribution in [0.1, 0.15) is 41.5 Å². The molecule has 25 heavy (non-hydrogen) atoms. The number of anilines is 1. The highest BCUT2D eigenvalue weighted by Crippen LogP contribution is 2.34. The Bertz CT molecular complexity index is 771. The lowest BCUT2D eigenvalue weighted by Crippen LogP contribution is -2.34. The van der Waals surface area contributed by atoms with Gasteiger partial charge in [0.15, 0.2) is 0 Å². The van der Waals surface area contributed by atoms with Crippen LogP contribution in [0.5, 0.6) is 0 Å². The summed E-state index contributed by atoms with van der Waals surface area (Å²) in [5, 5.41) is 3.01. The van der Waals surface area contributed by atoms with Crippen LogP contribution in [0.15, 0.2) is 34.7 Å². The van der Waals surface area contributed by atoms with E-state index in [1.807, 2.05) is 35.2 Å². The highest BCUT2D eigenvalue weighted by atomic mass is 16.5. The molecule has 1 atom stereocenters. The fourth-order valence-electron chi connectivity index (χ4n) is 3.54. The molecule has 1 saturated heterocycles. The zero-order valence-electron chi connectivity index (χ0n) is 14.3. The lowest BCUT2D eigenvalue weighted by molar-refractivity contribution is 0.134. The number of furan rings is 1. The monoisotopic (exact) mass is 342 g/mol. The lowest BCUT2D eigenvalue weighted by atomic mass is 10.1. The number of amides is 2. The number of urea groups is 1. The maximum Gasteiger partial charge on any atom is 0.322 e. The molecule has 0 saturated carbocycles. The zero-order valence-corrected chi connectivity index (χ0v) is 14.3. The molecule has 1 aromatic heterocycles. The number of benzene rings is 1. The van der Waals surface area contributed by atoms with Gasteiger partial charge in [-0.2, -0.15) is 0 Å². The first-order chi connectivity index (χ1) is 12.2. The van der Waals surface area contributed by atoms with Gasteiger partial charge in [0, 0.05) is 19.3 Å². The molecule has 1 aromatic carbocycles. The van der Waals surface area contributed by atoms with Gasteiger partial charge in [-0.3, -0.25) is 0 Å². The predicted octanol–water partition coefficient (Wildman–Crippen LogP) is 3.83. The molecule has 0 bridgehead atoms. The highest BCUT2D eigenvalue weighted by Gasteiger charge is 2.32. The van der Waals surface area contributed by atoms with Gasteiger partial charge in [0.1, 0.15) is 18.1 Å². The summed E-state index contributed by atoms with van der Waals surface area (Å²) in [7, 11) is 1.64. The van der Waals surface area contributed by atoms with Crippen molar-refractivity contribution < 1.29 is 18.7 Å². The van der Waals surface area contributed by atoms with E-state index in [0.29, 0.717) is 19.8 Å². The number of carbonyl (C=O) groups excluding carboxylic acids is 1. The summed E-state index contributed by atoms with van der Waals surface area (Å²) < 4.78 is 16.4. The smallest absolute Gasteiger partial charge is 0.322 e. The molecule has 0 spiro atoms. The van der Waals surface area contributed by atoms with Crippen molar-refractivity contribution in [2.24, 2.45) is 0 Å². The predicted molar refractivity (Wildman–Crippen MR) is 92.1 cm³/mol. The van der Waals surface area contributed by atoms with Crippen LogP contribution < -0.4 is 5.32 Å². The third kappa shape index (κ3) is 3.27. The minimum Gasteiger partial charge on any atom is -0.461 e. The van der Waals surface area contributed by atoms with E-state index in [2.05, 4.69) is 5.32 Å². The molecule has 0 radical (unpaired) electrons. The third-order valence-corrected chi connectivity index (χ3v) is 4.78. The van der Waals surface area contributed by atoms with E-state index in [0.717, 1.165) is 42.2 Å². The molecular weight excluding hydrogens is 320 g/mol. The number of nitrogens with one attached hydrogen (secondary N) is 1. The normalized spacial score (nSPS) is 19.2. The summed E-state index contributed by atoms with van der Waals surface area (Å²) in [6, 6.07) is 9.68. The molecule has 2 aliphatic rings. The Kier molecular flexibility index (Phi) is 4.46. The number of ether oxygens (including phenoxy) is 2. The number of methoxy groups -OCH3 is 1. The van der Waals surface area contributed by atoms with Crippen molar-refractivity contribution >= 4 is 11.7 Å². The van der Waals surface area contributed by atoms with E-state index in [1.54, 1.807) is 7.11 Å². The summed E-state index contributed by atoms with van der Waals surface area (Å²) in [5.41, 5.74) is 3.14. The Morgan fingerprint density at radius 1 is 1.28 bits per heavy atom. The van der Waals surface area contributed by atoms with Crippen molar-refractivity contribution in [2.45, 2.75) is 38.7 Å². The van der Waals surface area contributed by atoms with Gasteiger partial charge in [-0.1, -0.05) is 6.07 Å². The van der Waals surface area contributed by atoms with E-state index in [4.69, 9.17) is 13.9 Å². The first-order valence-corrected chi connectivity index (χ1v) is 8.59.